The molecule has 100 valence electrons. The van der Waals surface area contributed by atoms with Gasteiger partial charge in [0.1, 0.15) is 0 Å². The minimum absolute atomic E-state index is 0.471. The van der Waals surface area contributed by atoms with Gasteiger partial charge < -0.3 is 13.6 Å². The van der Waals surface area contributed by atoms with Crippen molar-refractivity contribution in [1.29, 1.82) is 0 Å². The standard InChI is InChI=1S/C12H26O3Si2/c1-10(2)11(14-16(4,5)6)12(13-3)15-17(7,8)9/h1H2,2-9H3/b12-11-. The lowest BCUT2D eigenvalue weighted by Crippen LogP contribution is -2.30. The lowest BCUT2D eigenvalue weighted by Gasteiger charge is -2.27. The molecule has 0 unspecified atom stereocenters. The third-order valence-electron chi connectivity index (χ3n) is 1.57. The minimum Gasteiger partial charge on any atom is -0.539 e. The zero-order valence-electron chi connectivity index (χ0n) is 12.4. The summed E-state index contributed by atoms with van der Waals surface area (Å²) in [6.07, 6.45) is 0. The van der Waals surface area contributed by atoms with E-state index in [0.29, 0.717) is 11.7 Å². The van der Waals surface area contributed by atoms with Gasteiger partial charge in [0.2, 0.25) is 16.6 Å². The largest absolute Gasteiger partial charge is 0.539 e. The number of hydrogen-bond donors (Lipinski definition) is 0. The molecule has 0 radical (unpaired) electrons. The Labute approximate surface area is 108 Å². The van der Waals surface area contributed by atoms with Crippen LogP contribution >= 0.6 is 0 Å². The SMILES string of the molecule is C=C(C)/C(O[Si](C)(C)C)=C(\OC)O[Si](C)(C)C. The average molecular weight is 275 g/mol. The van der Waals surface area contributed by atoms with E-state index < -0.39 is 16.6 Å². The van der Waals surface area contributed by atoms with Gasteiger partial charge in [-0.05, 0) is 51.8 Å². The third kappa shape index (κ3) is 7.28. The highest BCUT2D eigenvalue weighted by Gasteiger charge is 2.26. The van der Waals surface area contributed by atoms with Gasteiger partial charge in [0.05, 0.1) is 7.11 Å². The van der Waals surface area contributed by atoms with Crippen LogP contribution in [0, 0.1) is 0 Å². The average Bonchev–Trinajstić information content (AvgIpc) is 2.07. The van der Waals surface area contributed by atoms with E-state index in [1.165, 1.54) is 0 Å². The van der Waals surface area contributed by atoms with Crippen LogP contribution in [0.4, 0.5) is 0 Å². The number of rotatable bonds is 6. The normalized spacial score (nSPS) is 13.9. The molecule has 0 aliphatic heterocycles. The van der Waals surface area contributed by atoms with E-state index in [0.717, 1.165) is 5.57 Å². The van der Waals surface area contributed by atoms with Crippen molar-refractivity contribution in [3.8, 4) is 0 Å². The quantitative estimate of drug-likeness (QED) is 0.415. The summed E-state index contributed by atoms with van der Waals surface area (Å²) in [6.45, 7) is 18.5. The van der Waals surface area contributed by atoms with Crippen LogP contribution in [-0.4, -0.2) is 23.7 Å². The second kappa shape index (κ2) is 5.77. The van der Waals surface area contributed by atoms with Gasteiger partial charge in [0, 0.05) is 0 Å². The molecule has 0 rings (SSSR count). The molecule has 3 nitrogen and oxygen atoms in total. The molecule has 0 aliphatic carbocycles. The smallest absolute Gasteiger partial charge is 0.308 e. The van der Waals surface area contributed by atoms with E-state index in [2.05, 4.69) is 45.9 Å². The summed E-state index contributed by atoms with van der Waals surface area (Å²) in [5.74, 6) is 1.13. The summed E-state index contributed by atoms with van der Waals surface area (Å²) in [4.78, 5) is 0. The molecule has 0 aromatic heterocycles. The fourth-order valence-electron chi connectivity index (χ4n) is 1.07. The van der Waals surface area contributed by atoms with Gasteiger partial charge in [0.25, 0.3) is 0 Å². The van der Waals surface area contributed by atoms with E-state index in [9.17, 15) is 0 Å². The van der Waals surface area contributed by atoms with Crippen LogP contribution in [-0.2, 0) is 13.6 Å². The Morgan fingerprint density at radius 2 is 1.29 bits per heavy atom. The highest BCUT2D eigenvalue weighted by Crippen LogP contribution is 2.23. The van der Waals surface area contributed by atoms with Gasteiger partial charge in [-0.3, -0.25) is 0 Å². The minimum atomic E-state index is -1.71. The van der Waals surface area contributed by atoms with Crippen LogP contribution in [0.15, 0.2) is 23.9 Å². The van der Waals surface area contributed by atoms with Crippen molar-refractivity contribution < 1.29 is 13.6 Å². The van der Waals surface area contributed by atoms with Crippen LogP contribution in [0.1, 0.15) is 6.92 Å². The highest BCUT2D eigenvalue weighted by atomic mass is 28.4. The van der Waals surface area contributed by atoms with Crippen molar-refractivity contribution >= 4 is 16.6 Å². The second-order valence-electron chi connectivity index (χ2n) is 6.03. The van der Waals surface area contributed by atoms with Crippen molar-refractivity contribution in [3.63, 3.8) is 0 Å². The van der Waals surface area contributed by atoms with Crippen LogP contribution in [0.3, 0.4) is 0 Å². The Morgan fingerprint density at radius 3 is 1.53 bits per heavy atom. The Bertz CT molecular complexity index is 309. The summed E-state index contributed by atoms with van der Waals surface area (Å²) < 4.78 is 17.2. The summed E-state index contributed by atoms with van der Waals surface area (Å²) >= 11 is 0. The Hall–Kier alpha value is -0.686. The number of allylic oxidation sites excluding steroid dienone is 1. The van der Waals surface area contributed by atoms with Gasteiger partial charge in [-0.1, -0.05) is 6.58 Å². The Kier molecular flexibility index (Phi) is 5.54. The van der Waals surface area contributed by atoms with Crippen molar-refractivity contribution in [1.82, 2.24) is 0 Å². The topological polar surface area (TPSA) is 27.7 Å². The first-order chi connectivity index (χ1) is 7.46. The molecular formula is C12H26O3Si2. The third-order valence-corrected chi connectivity index (χ3v) is 3.18. The zero-order chi connectivity index (χ0) is 13.9. The van der Waals surface area contributed by atoms with Gasteiger partial charge in [-0.2, -0.15) is 0 Å². The molecule has 0 bridgehead atoms. The van der Waals surface area contributed by atoms with Gasteiger partial charge in [-0.15, -0.1) is 0 Å². The molecule has 0 heterocycles. The molecule has 5 heteroatoms. The molecule has 0 aromatic carbocycles. The monoisotopic (exact) mass is 274 g/mol. The van der Waals surface area contributed by atoms with Crippen molar-refractivity contribution in [2.75, 3.05) is 7.11 Å². The van der Waals surface area contributed by atoms with Gasteiger partial charge in [-0.25, -0.2) is 0 Å². The molecular weight excluding hydrogens is 248 g/mol. The van der Waals surface area contributed by atoms with Crippen LogP contribution in [0.5, 0.6) is 0 Å². The van der Waals surface area contributed by atoms with Crippen LogP contribution in [0.2, 0.25) is 39.3 Å². The molecule has 0 atom stereocenters. The van der Waals surface area contributed by atoms with E-state index in [-0.39, 0.29) is 0 Å². The molecule has 0 N–H and O–H groups in total. The second-order valence-corrected chi connectivity index (χ2v) is 14.9. The van der Waals surface area contributed by atoms with Crippen LogP contribution in [0.25, 0.3) is 0 Å². The Morgan fingerprint density at radius 1 is 0.882 bits per heavy atom. The number of methoxy groups -OCH3 is 1. The van der Waals surface area contributed by atoms with E-state index in [1.807, 2.05) is 6.92 Å². The molecule has 0 spiro atoms. The predicted octanol–water partition coefficient (Wildman–Crippen LogP) is 4.08. The molecule has 0 saturated heterocycles. The maximum atomic E-state index is 5.99. The first kappa shape index (κ1) is 16.3. The first-order valence-electron chi connectivity index (χ1n) is 5.78. The fraction of sp³-hybridized carbons (Fsp3) is 0.667. The predicted molar refractivity (Wildman–Crippen MR) is 77.7 cm³/mol. The molecule has 0 saturated carbocycles. The summed E-state index contributed by atoms with van der Waals surface area (Å²) in [5.41, 5.74) is 0.836. The molecule has 0 fully saturated rings. The molecule has 0 aliphatic rings. The lowest BCUT2D eigenvalue weighted by molar-refractivity contribution is 0.126. The van der Waals surface area contributed by atoms with Crippen molar-refractivity contribution in [2.24, 2.45) is 0 Å². The van der Waals surface area contributed by atoms with E-state index in [1.54, 1.807) is 7.11 Å². The number of ether oxygens (including phenoxy) is 1. The maximum Gasteiger partial charge on any atom is 0.308 e. The fourth-order valence-corrected chi connectivity index (χ4v) is 2.67. The summed E-state index contributed by atoms with van der Waals surface area (Å²) in [5, 5.41) is 0. The lowest BCUT2D eigenvalue weighted by atomic mass is 10.3. The van der Waals surface area contributed by atoms with Crippen molar-refractivity contribution in [3.05, 3.63) is 23.9 Å². The molecule has 17 heavy (non-hydrogen) atoms. The summed E-state index contributed by atoms with van der Waals surface area (Å²) in [6, 6.07) is 0. The Balaban J connectivity index is 5.26. The highest BCUT2D eigenvalue weighted by molar-refractivity contribution is 6.70. The van der Waals surface area contributed by atoms with Crippen molar-refractivity contribution in [2.45, 2.75) is 46.2 Å². The molecule has 0 amide bonds. The van der Waals surface area contributed by atoms with Gasteiger partial charge in [0.15, 0.2) is 5.76 Å². The van der Waals surface area contributed by atoms with Crippen LogP contribution < -0.4 is 0 Å². The van der Waals surface area contributed by atoms with E-state index in [4.69, 9.17) is 13.6 Å². The van der Waals surface area contributed by atoms with Gasteiger partial charge >= 0.3 is 5.95 Å². The van der Waals surface area contributed by atoms with E-state index >= 15 is 0 Å². The maximum absolute atomic E-state index is 5.99. The first-order valence-corrected chi connectivity index (χ1v) is 12.6. The zero-order valence-corrected chi connectivity index (χ0v) is 14.4. The molecule has 0 aromatic rings. The summed E-state index contributed by atoms with van der Waals surface area (Å²) in [7, 11) is -1.81. The number of hydrogen-bond acceptors (Lipinski definition) is 3.